The maximum absolute atomic E-state index is 12.7. The lowest BCUT2D eigenvalue weighted by Gasteiger charge is -2.31. The van der Waals surface area contributed by atoms with Crippen molar-refractivity contribution in [3.63, 3.8) is 0 Å². The third-order valence-electron chi connectivity index (χ3n) is 3.79. The zero-order valence-corrected chi connectivity index (χ0v) is 14.3. The molecule has 1 aliphatic rings. The van der Waals surface area contributed by atoms with E-state index in [2.05, 4.69) is 10.2 Å². The Morgan fingerprint density at radius 2 is 1.96 bits per heavy atom. The second kappa shape index (κ2) is 7.87. The Morgan fingerprint density at radius 1 is 1.26 bits per heavy atom. The van der Waals surface area contributed by atoms with E-state index in [0.717, 1.165) is 0 Å². The Bertz CT molecular complexity index is 640. The van der Waals surface area contributed by atoms with E-state index in [4.69, 9.17) is 4.74 Å². The molecule has 1 amide bonds. The number of hydrogen-bond acceptors (Lipinski definition) is 5. The molecule has 0 saturated carbocycles. The number of likely N-dealkylation sites (N-methyl/N-ethyl adjacent to an activating group) is 1. The van der Waals surface area contributed by atoms with Crippen LogP contribution in [0.25, 0.3) is 0 Å². The lowest BCUT2D eigenvalue weighted by atomic mass is 10.2. The van der Waals surface area contributed by atoms with Crippen molar-refractivity contribution < 1.29 is 17.9 Å². The predicted octanol–water partition coefficient (Wildman–Crippen LogP) is -0.00110. The molecule has 1 aliphatic heterocycles. The van der Waals surface area contributed by atoms with Gasteiger partial charge < -0.3 is 15.0 Å². The van der Waals surface area contributed by atoms with Crippen LogP contribution >= 0.6 is 0 Å². The van der Waals surface area contributed by atoms with Crippen LogP contribution in [-0.2, 0) is 14.8 Å². The standard InChI is InChI=1S/C15H23N3O4S/c1-17-7-9-18(10-8-17)23(20,21)14-5-3-4-13(12-14)15(19)16-6-11-22-2/h3-5,12H,6-11H2,1-2H3,(H,16,19). The number of ether oxygens (including phenoxy) is 1. The van der Waals surface area contributed by atoms with Gasteiger partial charge in [-0.25, -0.2) is 8.42 Å². The van der Waals surface area contributed by atoms with Crippen LogP contribution in [0.3, 0.4) is 0 Å². The molecule has 1 fully saturated rings. The molecule has 0 aromatic heterocycles. The first-order valence-corrected chi connectivity index (χ1v) is 8.95. The molecule has 1 N–H and O–H groups in total. The van der Waals surface area contributed by atoms with Crippen molar-refractivity contribution in [1.29, 1.82) is 0 Å². The van der Waals surface area contributed by atoms with Crippen LogP contribution in [-0.4, -0.2) is 77.0 Å². The van der Waals surface area contributed by atoms with Gasteiger partial charge in [-0.05, 0) is 25.2 Å². The molecule has 0 bridgehead atoms. The molecule has 0 unspecified atom stereocenters. The zero-order chi connectivity index (χ0) is 16.9. The summed E-state index contributed by atoms with van der Waals surface area (Å²) < 4.78 is 31.7. The molecular formula is C15H23N3O4S. The van der Waals surface area contributed by atoms with Gasteiger partial charge in [0.1, 0.15) is 0 Å². The molecule has 0 atom stereocenters. The normalized spacial score (nSPS) is 17.1. The molecule has 1 saturated heterocycles. The highest BCUT2D eigenvalue weighted by molar-refractivity contribution is 7.89. The lowest BCUT2D eigenvalue weighted by molar-refractivity contribution is 0.0937. The van der Waals surface area contributed by atoms with Crippen LogP contribution in [0, 0.1) is 0 Å². The number of nitrogens with one attached hydrogen (secondary N) is 1. The summed E-state index contributed by atoms with van der Waals surface area (Å²) in [5, 5.41) is 2.68. The largest absolute Gasteiger partial charge is 0.383 e. The van der Waals surface area contributed by atoms with Gasteiger partial charge in [0.2, 0.25) is 10.0 Å². The highest BCUT2D eigenvalue weighted by atomic mass is 32.2. The summed E-state index contributed by atoms with van der Waals surface area (Å²) in [5.41, 5.74) is 0.330. The van der Waals surface area contributed by atoms with E-state index in [1.165, 1.54) is 16.4 Å². The summed E-state index contributed by atoms with van der Waals surface area (Å²) in [6.07, 6.45) is 0. The van der Waals surface area contributed by atoms with Gasteiger partial charge in [0.05, 0.1) is 11.5 Å². The third kappa shape index (κ3) is 4.51. The number of rotatable bonds is 6. The summed E-state index contributed by atoms with van der Waals surface area (Å²) >= 11 is 0. The van der Waals surface area contributed by atoms with Crippen molar-refractivity contribution in [3.8, 4) is 0 Å². The fraction of sp³-hybridized carbons (Fsp3) is 0.533. The molecule has 1 aromatic carbocycles. The van der Waals surface area contributed by atoms with Gasteiger partial charge in [-0.2, -0.15) is 4.31 Å². The molecule has 0 radical (unpaired) electrons. The van der Waals surface area contributed by atoms with Crippen molar-refractivity contribution in [2.24, 2.45) is 0 Å². The number of methoxy groups -OCH3 is 1. The van der Waals surface area contributed by atoms with Crippen LogP contribution in [0.2, 0.25) is 0 Å². The maximum atomic E-state index is 12.7. The van der Waals surface area contributed by atoms with E-state index in [9.17, 15) is 13.2 Å². The van der Waals surface area contributed by atoms with Crippen LogP contribution < -0.4 is 5.32 Å². The highest BCUT2D eigenvalue weighted by Gasteiger charge is 2.27. The smallest absolute Gasteiger partial charge is 0.251 e. The molecule has 1 heterocycles. The fourth-order valence-corrected chi connectivity index (χ4v) is 3.81. The van der Waals surface area contributed by atoms with Crippen molar-refractivity contribution in [3.05, 3.63) is 29.8 Å². The number of amides is 1. The molecule has 7 nitrogen and oxygen atoms in total. The van der Waals surface area contributed by atoms with Crippen molar-refractivity contribution in [1.82, 2.24) is 14.5 Å². The quantitative estimate of drug-likeness (QED) is 0.737. The molecule has 1 aromatic rings. The van der Waals surface area contributed by atoms with Gasteiger partial charge in [-0.3, -0.25) is 4.79 Å². The highest BCUT2D eigenvalue weighted by Crippen LogP contribution is 2.18. The first-order chi connectivity index (χ1) is 10.9. The van der Waals surface area contributed by atoms with E-state index in [0.29, 0.717) is 44.9 Å². The average molecular weight is 341 g/mol. The Morgan fingerprint density at radius 3 is 2.61 bits per heavy atom. The Balaban J connectivity index is 2.13. The summed E-state index contributed by atoms with van der Waals surface area (Å²) in [4.78, 5) is 14.3. The molecular weight excluding hydrogens is 318 g/mol. The number of hydrogen-bond donors (Lipinski definition) is 1. The van der Waals surface area contributed by atoms with Gasteiger partial charge in [0.25, 0.3) is 5.91 Å². The zero-order valence-electron chi connectivity index (χ0n) is 13.5. The first-order valence-electron chi connectivity index (χ1n) is 7.51. The molecule has 23 heavy (non-hydrogen) atoms. The van der Waals surface area contributed by atoms with Crippen LogP contribution in [0.15, 0.2) is 29.2 Å². The van der Waals surface area contributed by atoms with Gasteiger partial charge in [-0.15, -0.1) is 0 Å². The van der Waals surface area contributed by atoms with Gasteiger partial charge in [-0.1, -0.05) is 6.07 Å². The van der Waals surface area contributed by atoms with E-state index in [1.807, 2.05) is 7.05 Å². The second-order valence-corrected chi connectivity index (χ2v) is 7.42. The first kappa shape index (κ1) is 17.9. The summed E-state index contributed by atoms with van der Waals surface area (Å²) in [7, 11) is -0.0465. The van der Waals surface area contributed by atoms with Gasteiger partial charge >= 0.3 is 0 Å². The van der Waals surface area contributed by atoms with Crippen LogP contribution in [0.5, 0.6) is 0 Å². The van der Waals surface area contributed by atoms with E-state index in [-0.39, 0.29) is 10.8 Å². The monoisotopic (exact) mass is 341 g/mol. The number of sulfonamides is 1. The van der Waals surface area contributed by atoms with E-state index >= 15 is 0 Å². The molecule has 0 spiro atoms. The van der Waals surface area contributed by atoms with Crippen molar-refractivity contribution >= 4 is 15.9 Å². The number of carbonyl (C=O) groups excluding carboxylic acids is 1. The van der Waals surface area contributed by atoms with E-state index in [1.54, 1.807) is 19.2 Å². The minimum Gasteiger partial charge on any atom is -0.383 e. The minimum atomic E-state index is -3.56. The van der Waals surface area contributed by atoms with E-state index < -0.39 is 10.0 Å². The Hall–Kier alpha value is -1.48. The summed E-state index contributed by atoms with van der Waals surface area (Å²) in [6.45, 7) is 3.12. The fourth-order valence-electron chi connectivity index (χ4n) is 2.34. The van der Waals surface area contributed by atoms with Gasteiger partial charge in [0.15, 0.2) is 0 Å². The predicted molar refractivity (Wildman–Crippen MR) is 86.9 cm³/mol. The van der Waals surface area contributed by atoms with Crippen LogP contribution in [0.1, 0.15) is 10.4 Å². The summed E-state index contributed by atoms with van der Waals surface area (Å²) in [5.74, 6) is -0.308. The number of nitrogens with zero attached hydrogens (tertiary/aromatic N) is 2. The third-order valence-corrected chi connectivity index (χ3v) is 5.68. The molecule has 0 aliphatic carbocycles. The SMILES string of the molecule is COCCNC(=O)c1cccc(S(=O)(=O)N2CCN(C)CC2)c1. The minimum absolute atomic E-state index is 0.154. The van der Waals surface area contributed by atoms with Crippen molar-refractivity contribution in [2.75, 3.05) is 53.5 Å². The topological polar surface area (TPSA) is 78.9 Å². The molecule has 2 rings (SSSR count). The number of benzene rings is 1. The average Bonchev–Trinajstić information content (AvgIpc) is 2.55. The van der Waals surface area contributed by atoms with Crippen molar-refractivity contribution in [2.45, 2.75) is 4.90 Å². The number of piperazine rings is 1. The van der Waals surface area contributed by atoms with Gasteiger partial charge in [0, 0.05) is 45.4 Å². The number of carbonyl (C=O) groups is 1. The second-order valence-electron chi connectivity index (χ2n) is 5.48. The van der Waals surface area contributed by atoms with Crippen LogP contribution in [0.4, 0.5) is 0 Å². The Labute approximate surface area is 137 Å². The summed E-state index contributed by atoms with van der Waals surface area (Å²) in [6, 6.07) is 6.15. The lowest BCUT2D eigenvalue weighted by Crippen LogP contribution is -2.47. The molecule has 128 valence electrons. The molecule has 8 heteroatoms. The Kier molecular flexibility index (Phi) is 6.11. The maximum Gasteiger partial charge on any atom is 0.251 e.